The molecule has 3 aromatic rings. The summed E-state index contributed by atoms with van der Waals surface area (Å²) < 4.78 is 10.8. The molecule has 0 aliphatic heterocycles. The summed E-state index contributed by atoms with van der Waals surface area (Å²) >= 11 is 0. The van der Waals surface area contributed by atoms with Crippen molar-refractivity contribution in [3.8, 4) is 5.75 Å². The number of carbonyl (C=O) groups is 1. The lowest BCUT2D eigenvalue weighted by molar-refractivity contribution is -0.147. The standard InChI is InChI=1S/C22H25N5O3/c1-14(2)17-6-4-5-7-18(17)29-13-20(28)30-12-19-25-21(23)27-22(26-19)24-16-10-8-15(3)9-11-16/h4-11,14H,12-13H2,1-3H3,(H3,23,24,25,26,27). The van der Waals surface area contributed by atoms with Crippen LogP contribution in [0.25, 0.3) is 0 Å². The molecular formula is C22H25N5O3. The number of para-hydroxylation sites is 1. The summed E-state index contributed by atoms with van der Waals surface area (Å²) in [4.78, 5) is 24.4. The smallest absolute Gasteiger partial charge is 0.344 e. The number of hydrogen-bond donors (Lipinski definition) is 2. The maximum absolute atomic E-state index is 12.1. The number of nitrogens with two attached hydrogens (primary N) is 1. The molecule has 3 rings (SSSR count). The van der Waals surface area contributed by atoms with Crippen molar-refractivity contribution < 1.29 is 14.3 Å². The molecule has 0 saturated carbocycles. The molecule has 3 N–H and O–H groups in total. The number of aryl methyl sites for hydroxylation is 1. The Hall–Kier alpha value is -3.68. The molecule has 8 heteroatoms. The van der Waals surface area contributed by atoms with Crippen molar-refractivity contribution in [1.29, 1.82) is 0 Å². The number of carbonyl (C=O) groups excluding carboxylic acids is 1. The van der Waals surface area contributed by atoms with E-state index in [0.717, 1.165) is 16.8 Å². The summed E-state index contributed by atoms with van der Waals surface area (Å²) in [6.07, 6.45) is 0. The van der Waals surface area contributed by atoms with Gasteiger partial charge >= 0.3 is 5.97 Å². The molecule has 0 atom stereocenters. The molecule has 0 saturated heterocycles. The van der Waals surface area contributed by atoms with Crippen LogP contribution < -0.4 is 15.8 Å². The molecule has 0 bridgehead atoms. The first-order chi connectivity index (χ1) is 14.4. The average molecular weight is 407 g/mol. The fourth-order valence-corrected chi connectivity index (χ4v) is 2.74. The van der Waals surface area contributed by atoms with Gasteiger partial charge in [-0.15, -0.1) is 0 Å². The zero-order valence-electron chi connectivity index (χ0n) is 17.3. The minimum Gasteiger partial charge on any atom is -0.482 e. The van der Waals surface area contributed by atoms with Gasteiger partial charge in [0.25, 0.3) is 0 Å². The Kier molecular flexibility index (Phi) is 6.79. The molecule has 1 heterocycles. The van der Waals surface area contributed by atoms with Gasteiger partial charge in [0.2, 0.25) is 11.9 Å². The minimum atomic E-state index is -0.527. The number of ether oxygens (including phenoxy) is 2. The Morgan fingerprint density at radius 3 is 2.53 bits per heavy atom. The van der Waals surface area contributed by atoms with Crippen LogP contribution in [0.4, 0.5) is 17.6 Å². The van der Waals surface area contributed by atoms with Gasteiger partial charge in [-0.1, -0.05) is 49.7 Å². The Labute approximate surface area is 175 Å². The summed E-state index contributed by atoms with van der Waals surface area (Å²) in [5.74, 6) is 0.976. The van der Waals surface area contributed by atoms with Gasteiger partial charge in [-0.25, -0.2) is 4.79 Å². The van der Waals surface area contributed by atoms with E-state index in [1.54, 1.807) is 0 Å². The highest BCUT2D eigenvalue weighted by molar-refractivity contribution is 5.71. The highest BCUT2D eigenvalue weighted by atomic mass is 16.6. The fourth-order valence-electron chi connectivity index (χ4n) is 2.74. The number of rotatable bonds is 8. The van der Waals surface area contributed by atoms with E-state index in [9.17, 15) is 4.79 Å². The minimum absolute atomic E-state index is 0.0350. The van der Waals surface area contributed by atoms with E-state index in [4.69, 9.17) is 15.2 Å². The van der Waals surface area contributed by atoms with E-state index in [1.165, 1.54) is 0 Å². The Bertz CT molecular complexity index is 1010. The van der Waals surface area contributed by atoms with Crippen molar-refractivity contribution in [2.75, 3.05) is 17.7 Å². The van der Waals surface area contributed by atoms with Crippen LogP contribution in [0.3, 0.4) is 0 Å². The molecule has 0 spiro atoms. The zero-order valence-corrected chi connectivity index (χ0v) is 17.3. The molecule has 0 amide bonds. The number of benzene rings is 2. The van der Waals surface area contributed by atoms with Crippen LogP contribution in [0.1, 0.15) is 36.7 Å². The number of esters is 1. The summed E-state index contributed by atoms with van der Waals surface area (Å²) in [5.41, 5.74) is 8.74. The third-order valence-corrected chi connectivity index (χ3v) is 4.26. The molecule has 8 nitrogen and oxygen atoms in total. The summed E-state index contributed by atoms with van der Waals surface area (Å²) in [7, 11) is 0. The van der Waals surface area contributed by atoms with Gasteiger partial charge in [-0.05, 0) is 36.6 Å². The predicted octanol–water partition coefficient (Wildman–Crippen LogP) is 3.75. The number of anilines is 3. The quantitative estimate of drug-likeness (QED) is 0.543. The normalized spacial score (nSPS) is 10.7. The summed E-state index contributed by atoms with van der Waals surface area (Å²) in [6.45, 7) is 5.78. The first kappa shape index (κ1) is 21.0. The van der Waals surface area contributed by atoms with Crippen molar-refractivity contribution in [2.45, 2.75) is 33.3 Å². The van der Waals surface area contributed by atoms with Crippen molar-refractivity contribution >= 4 is 23.6 Å². The lowest BCUT2D eigenvalue weighted by atomic mass is 10.0. The van der Waals surface area contributed by atoms with E-state index in [2.05, 4.69) is 34.1 Å². The molecule has 0 fully saturated rings. The topological polar surface area (TPSA) is 112 Å². The first-order valence-corrected chi connectivity index (χ1v) is 9.62. The Balaban J connectivity index is 1.57. The van der Waals surface area contributed by atoms with Crippen molar-refractivity contribution in [2.24, 2.45) is 0 Å². The number of hydrogen-bond acceptors (Lipinski definition) is 8. The second-order valence-electron chi connectivity index (χ2n) is 7.07. The van der Waals surface area contributed by atoms with Gasteiger partial charge in [0.15, 0.2) is 19.0 Å². The number of aromatic nitrogens is 3. The van der Waals surface area contributed by atoms with Crippen LogP contribution in [0.15, 0.2) is 48.5 Å². The monoisotopic (exact) mass is 407 g/mol. The van der Waals surface area contributed by atoms with Gasteiger partial charge in [0, 0.05) is 5.69 Å². The molecule has 1 aromatic heterocycles. The lowest BCUT2D eigenvalue weighted by Gasteiger charge is -2.13. The number of nitrogens with zero attached hydrogens (tertiary/aromatic N) is 3. The SMILES string of the molecule is Cc1ccc(Nc2nc(N)nc(COC(=O)COc3ccccc3C(C)C)n2)cc1. The van der Waals surface area contributed by atoms with Crippen molar-refractivity contribution in [3.63, 3.8) is 0 Å². The van der Waals surface area contributed by atoms with Crippen LogP contribution in [0.5, 0.6) is 5.75 Å². The number of nitrogen functional groups attached to an aromatic ring is 1. The van der Waals surface area contributed by atoms with Crippen molar-refractivity contribution in [1.82, 2.24) is 15.0 Å². The largest absolute Gasteiger partial charge is 0.482 e. The fraction of sp³-hybridized carbons (Fsp3) is 0.273. The summed E-state index contributed by atoms with van der Waals surface area (Å²) in [5, 5.41) is 3.06. The second kappa shape index (κ2) is 9.69. The third-order valence-electron chi connectivity index (χ3n) is 4.26. The van der Waals surface area contributed by atoms with Gasteiger partial charge < -0.3 is 20.5 Å². The van der Waals surface area contributed by atoms with Crippen LogP contribution in [0.2, 0.25) is 0 Å². The lowest BCUT2D eigenvalue weighted by Crippen LogP contribution is -2.17. The van der Waals surface area contributed by atoms with Crippen LogP contribution in [-0.4, -0.2) is 27.5 Å². The highest BCUT2D eigenvalue weighted by Gasteiger charge is 2.12. The van der Waals surface area contributed by atoms with E-state index in [1.807, 2.05) is 55.5 Å². The zero-order chi connectivity index (χ0) is 21.5. The Morgan fingerprint density at radius 2 is 1.80 bits per heavy atom. The van der Waals surface area contributed by atoms with E-state index in [0.29, 0.717) is 5.75 Å². The third kappa shape index (κ3) is 5.91. The molecular weight excluding hydrogens is 382 g/mol. The highest BCUT2D eigenvalue weighted by Crippen LogP contribution is 2.25. The Morgan fingerprint density at radius 1 is 1.07 bits per heavy atom. The number of nitrogens with one attached hydrogen (secondary N) is 1. The van der Waals surface area contributed by atoms with Gasteiger partial charge in [0.1, 0.15) is 5.75 Å². The molecule has 156 valence electrons. The van der Waals surface area contributed by atoms with Gasteiger partial charge in [0.05, 0.1) is 0 Å². The van der Waals surface area contributed by atoms with Crippen LogP contribution in [-0.2, 0) is 16.1 Å². The molecule has 0 aliphatic carbocycles. The summed E-state index contributed by atoms with van der Waals surface area (Å²) in [6, 6.07) is 15.3. The van der Waals surface area contributed by atoms with E-state index in [-0.39, 0.29) is 36.9 Å². The molecule has 0 aliphatic rings. The first-order valence-electron chi connectivity index (χ1n) is 9.62. The van der Waals surface area contributed by atoms with Crippen molar-refractivity contribution in [3.05, 3.63) is 65.5 Å². The van der Waals surface area contributed by atoms with Crippen LogP contribution >= 0.6 is 0 Å². The van der Waals surface area contributed by atoms with E-state index < -0.39 is 5.97 Å². The maximum atomic E-state index is 12.1. The molecule has 0 radical (unpaired) electrons. The molecule has 2 aromatic carbocycles. The molecule has 30 heavy (non-hydrogen) atoms. The van der Waals surface area contributed by atoms with Crippen LogP contribution in [0, 0.1) is 6.92 Å². The van der Waals surface area contributed by atoms with Gasteiger partial charge in [-0.3, -0.25) is 0 Å². The second-order valence-corrected chi connectivity index (χ2v) is 7.07. The molecule has 0 unspecified atom stereocenters. The maximum Gasteiger partial charge on any atom is 0.344 e. The average Bonchev–Trinajstić information content (AvgIpc) is 2.72. The van der Waals surface area contributed by atoms with Gasteiger partial charge in [-0.2, -0.15) is 15.0 Å². The van der Waals surface area contributed by atoms with E-state index >= 15 is 0 Å². The predicted molar refractivity (Wildman–Crippen MR) is 115 cm³/mol.